The Morgan fingerprint density at radius 2 is 1.08 bits per heavy atom. The predicted octanol–water partition coefficient (Wildman–Crippen LogP) is 3.05. The molecule has 0 aliphatic heterocycles. The molecule has 4 rings (SSSR count). The molecule has 0 atom stereocenters. The summed E-state index contributed by atoms with van der Waals surface area (Å²) in [4.78, 5) is 9.36. The minimum Gasteiger partial charge on any atom is -0.384 e. The molecule has 0 amide bonds. The van der Waals surface area contributed by atoms with Crippen molar-refractivity contribution < 1.29 is 25.9 Å². The summed E-state index contributed by atoms with van der Waals surface area (Å²) >= 11 is 3.35. The van der Waals surface area contributed by atoms with Crippen LogP contribution in [-0.2, 0) is 33.1 Å². The maximum atomic E-state index is 9.19. The lowest BCUT2D eigenvalue weighted by molar-refractivity contribution is 0.488. The molecule has 0 saturated carbocycles. The highest BCUT2D eigenvalue weighted by Crippen LogP contribution is 2.26. The lowest BCUT2D eigenvalue weighted by Crippen LogP contribution is -2.10. The molecule has 2 aromatic carbocycles. The van der Waals surface area contributed by atoms with Gasteiger partial charge in [0.25, 0.3) is 20.2 Å². The summed E-state index contributed by atoms with van der Waals surface area (Å²) < 4.78 is 53.9. The molecule has 2 aromatic heterocycles. The number of hydrogen-bond acceptors (Lipinski definition) is 10. The van der Waals surface area contributed by atoms with Crippen molar-refractivity contribution in [1.82, 2.24) is 9.97 Å². The van der Waals surface area contributed by atoms with E-state index in [1.165, 1.54) is 0 Å². The second-order valence-electron chi connectivity index (χ2n) is 8.08. The maximum absolute atomic E-state index is 9.19. The number of nitrogens with zero attached hydrogens (tertiary/aromatic N) is 2. The van der Waals surface area contributed by atoms with Crippen LogP contribution in [0.4, 0.5) is 0 Å². The van der Waals surface area contributed by atoms with Gasteiger partial charge in [0.1, 0.15) is 11.7 Å². The number of nitrogens with one attached hydrogen (secondary N) is 2. The van der Waals surface area contributed by atoms with E-state index in [9.17, 15) is 16.8 Å². The van der Waals surface area contributed by atoms with Crippen LogP contribution in [0.3, 0.4) is 0 Å². The first-order valence-electron chi connectivity index (χ1n) is 10.8. The molecule has 0 aliphatic carbocycles. The first-order valence-corrected chi connectivity index (χ1v) is 16.1. The lowest BCUT2D eigenvalue weighted by atomic mass is 10.2. The van der Waals surface area contributed by atoms with Crippen molar-refractivity contribution in [2.75, 3.05) is 12.5 Å². The van der Waals surface area contributed by atoms with Gasteiger partial charge in [0, 0.05) is 11.1 Å². The zero-order chi connectivity index (χ0) is 28.7. The third-order valence-corrected chi connectivity index (χ3v) is 6.67. The normalized spacial score (nSPS) is 11.4. The van der Waals surface area contributed by atoms with Gasteiger partial charge in [0.15, 0.2) is 0 Å². The van der Waals surface area contributed by atoms with Crippen LogP contribution in [0, 0.1) is 10.8 Å². The van der Waals surface area contributed by atoms with E-state index in [2.05, 4.69) is 9.97 Å². The first-order chi connectivity index (χ1) is 17.5. The van der Waals surface area contributed by atoms with E-state index in [1.54, 1.807) is 22.7 Å². The van der Waals surface area contributed by atoms with Gasteiger partial charge in [-0.25, -0.2) is 9.97 Å². The SMILES string of the molecule is CS(=O)(=O)O.CS(=O)(=O)O.N=C(N)c1ccc2nc(CCCCc3nc4ccc(C(=N)N)cc4s3)sc2c1. The zero-order valence-corrected chi connectivity index (χ0v) is 23.8. The standard InChI is InChI=1S/C20H20N6S2.2CH4O3S/c21-19(22)11-5-7-13-15(9-11)27-17(25-13)3-1-2-4-18-26-14-8-6-12(20(23)24)10-16(14)28-18;2*1-5(2,3)4/h5-10H,1-4H2,(H3,21,22)(H3,23,24);2*1H3,(H,2,3,4). The summed E-state index contributed by atoms with van der Waals surface area (Å²) in [5.41, 5.74) is 14.5. The highest BCUT2D eigenvalue weighted by atomic mass is 32.2. The third kappa shape index (κ3) is 11.6. The number of aromatic nitrogens is 2. The van der Waals surface area contributed by atoms with Gasteiger partial charge in [-0.3, -0.25) is 19.9 Å². The molecular weight excluding hydrogens is 573 g/mol. The average Bonchev–Trinajstić information content (AvgIpc) is 3.36. The Balaban J connectivity index is 0.000000435. The van der Waals surface area contributed by atoms with E-state index in [0.29, 0.717) is 12.5 Å². The minimum absolute atomic E-state index is 0.0862. The molecule has 0 bridgehead atoms. The Bertz CT molecular complexity index is 1520. The quantitative estimate of drug-likeness (QED) is 0.0784. The number of rotatable bonds is 7. The molecule has 16 heteroatoms. The van der Waals surface area contributed by atoms with E-state index in [1.807, 2.05) is 36.4 Å². The summed E-state index contributed by atoms with van der Waals surface area (Å²) in [6, 6.07) is 11.4. The Morgan fingerprint density at radius 1 is 0.763 bits per heavy atom. The molecule has 0 fully saturated rings. The molecule has 0 aliphatic rings. The summed E-state index contributed by atoms with van der Waals surface area (Å²) in [5.74, 6) is 0.172. The van der Waals surface area contributed by atoms with Crippen LogP contribution in [0.25, 0.3) is 20.4 Å². The van der Waals surface area contributed by atoms with Crippen LogP contribution in [0.1, 0.15) is 34.0 Å². The highest BCUT2D eigenvalue weighted by Gasteiger charge is 2.08. The smallest absolute Gasteiger partial charge is 0.261 e. The van der Waals surface area contributed by atoms with Gasteiger partial charge in [-0.2, -0.15) is 16.8 Å². The van der Waals surface area contributed by atoms with Gasteiger partial charge < -0.3 is 11.5 Å². The number of hydrogen-bond donors (Lipinski definition) is 6. The van der Waals surface area contributed by atoms with Crippen molar-refractivity contribution in [3.05, 3.63) is 57.5 Å². The van der Waals surface area contributed by atoms with E-state index < -0.39 is 20.2 Å². The monoisotopic (exact) mass is 600 g/mol. The van der Waals surface area contributed by atoms with Crippen LogP contribution in [0.5, 0.6) is 0 Å². The fourth-order valence-corrected chi connectivity index (χ4v) is 5.14. The number of aryl methyl sites for hydroxylation is 2. The van der Waals surface area contributed by atoms with Crippen molar-refractivity contribution in [2.24, 2.45) is 11.5 Å². The highest BCUT2D eigenvalue weighted by molar-refractivity contribution is 7.85. The number of nitrogens with two attached hydrogens (primary N) is 2. The van der Waals surface area contributed by atoms with Gasteiger partial charge in [-0.15, -0.1) is 22.7 Å². The van der Waals surface area contributed by atoms with Crippen LogP contribution in [0.15, 0.2) is 36.4 Å². The number of amidine groups is 2. The van der Waals surface area contributed by atoms with Crippen LogP contribution in [0.2, 0.25) is 0 Å². The van der Waals surface area contributed by atoms with Crippen LogP contribution in [-0.4, -0.2) is 60.1 Å². The molecule has 12 nitrogen and oxygen atoms in total. The van der Waals surface area contributed by atoms with Crippen molar-refractivity contribution in [3.8, 4) is 0 Å². The summed E-state index contributed by atoms with van der Waals surface area (Å²) in [7, 11) is -7.33. The van der Waals surface area contributed by atoms with Gasteiger partial charge in [0.05, 0.1) is 43.0 Å². The van der Waals surface area contributed by atoms with Gasteiger partial charge in [-0.05, 0) is 62.1 Å². The molecular formula is C22H28N6O6S4. The third-order valence-electron chi connectivity index (χ3n) is 4.52. The van der Waals surface area contributed by atoms with Gasteiger partial charge in [-0.1, -0.05) is 0 Å². The summed E-state index contributed by atoms with van der Waals surface area (Å²) in [5, 5.41) is 17.3. The molecule has 0 unspecified atom stereocenters. The average molecular weight is 601 g/mol. The molecule has 0 spiro atoms. The number of fused-ring (bicyclic) bond motifs is 2. The van der Waals surface area contributed by atoms with E-state index in [-0.39, 0.29) is 11.7 Å². The molecule has 38 heavy (non-hydrogen) atoms. The maximum Gasteiger partial charge on any atom is 0.261 e. The van der Waals surface area contributed by atoms with Gasteiger partial charge >= 0.3 is 0 Å². The molecule has 4 aromatic rings. The van der Waals surface area contributed by atoms with E-state index >= 15 is 0 Å². The molecule has 2 heterocycles. The Labute approximate surface area is 228 Å². The zero-order valence-electron chi connectivity index (χ0n) is 20.5. The molecule has 206 valence electrons. The Kier molecular flexibility index (Phi) is 10.8. The minimum atomic E-state index is -3.67. The summed E-state index contributed by atoms with van der Waals surface area (Å²) in [6.07, 6.45) is 5.41. The fraction of sp³-hybridized carbons (Fsp3) is 0.273. The predicted molar refractivity (Wildman–Crippen MR) is 153 cm³/mol. The van der Waals surface area contributed by atoms with Crippen molar-refractivity contribution >= 4 is 75.0 Å². The number of thiazole rings is 2. The number of nitrogen functional groups attached to an aromatic ring is 2. The topological polar surface area (TPSA) is 234 Å². The second-order valence-corrected chi connectivity index (χ2v) is 13.2. The van der Waals surface area contributed by atoms with Crippen molar-refractivity contribution in [2.45, 2.75) is 25.7 Å². The van der Waals surface area contributed by atoms with E-state index in [4.69, 9.17) is 31.4 Å². The van der Waals surface area contributed by atoms with Crippen molar-refractivity contribution in [3.63, 3.8) is 0 Å². The van der Waals surface area contributed by atoms with Gasteiger partial charge in [0.2, 0.25) is 0 Å². The lowest BCUT2D eigenvalue weighted by Gasteiger charge is -1.96. The Morgan fingerprint density at radius 3 is 1.37 bits per heavy atom. The molecule has 8 N–H and O–H groups in total. The second kappa shape index (κ2) is 13.2. The number of unbranched alkanes of at least 4 members (excludes halogenated alkanes) is 1. The summed E-state index contributed by atoms with van der Waals surface area (Å²) in [6.45, 7) is 0. The largest absolute Gasteiger partial charge is 0.384 e. The first kappa shape index (κ1) is 31.2. The Hall–Kier alpha value is -3.02. The van der Waals surface area contributed by atoms with Crippen LogP contribution < -0.4 is 11.5 Å². The number of benzene rings is 2. The molecule has 0 saturated heterocycles. The van der Waals surface area contributed by atoms with Crippen molar-refractivity contribution in [1.29, 1.82) is 10.8 Å². The fourth-order valence-electron chi connectivity index (χ4n) is 3.05. The molecule has 0 radical (unpaired) electrons. The van der Waals surface area contributed by atoms with Crippen LogP contribution >= 0.6 is 22.7 Å². The van der Waals surface area contributed by atoms with E-state index in [0.717, 1.165) is 67.3 Å².